The molecule has 0 bridgehead atoms. The first-order chi connectivity index (χ1) is 10.2. The molecule has 2 aromatic carbocycles. The smallest absolute Gasteiger partial charge is 0.174 e. The van der Waals surface area contributed by atoms with Crippen molar-refractivity contribution in [1.82, 2.24) is 0 Å². The van der Waals surface area contributed by atoms with Crippen LogP contribution in [0, 0.1) is 0 Å². The zero-order valence-electron chi connectivity index (χ0n) is 12.2. The second-order valence-corrected chi connectivity index (χ2v) is 4.58. The van der Waals surface area contributed by atoms with Crippen LogP contribution in [0.5, 0.6) is 11.5 Å². The van der Waals surface area contributed by atoms with Crippen LogP contribution in [0.1, 0.15) is 21.8 Å². The molecule has 1 atom stereocenters. The van der Waals surface area contributed by atoms with Crippen molar-refractivity contribution in [2.45, 2.75) is 5.92 Å². The van der Waals surface area contributed by atoms with Crippen LogP contribution in [0.4, 0.5) is 0 Å². The lowest BCUT2D eigenvalue weighted by molar-refractivity contribution is 0.0976. The topological polar surface area (TPSA) is 35.5 Å². The average Bonchev–Trinajstić information content (AvgIpc) is 2.56. The number of allylic oxidation sites excluding steroid dienone is 1. The van der Waals surface area contributed by atoms with Crippen LogP contribution in [0.3, 0.4) is 0 Å². The Hall–Kier alpha value is -2.55. The Balaban J connectivity index is 2.26. The molecule has 0 aliphatic carbocycles. The Labute approximate surface area is 124 Å². The minimum Gasteiger partial charge on any atom is -0.497 e. The van der Waals surface area contributed by atoms with Crippen LogP contribution in [0.15, 0.2) is 61.2 Å². The summed E-state index contributed by atoms with van der Waals surface area (Å²) in [5, 5.41) is 0. The number of benzene rings is 2. The first-order valence-electron chi connectivity index (χ1n) is 6.64. The summed E-state index contributed by atoms with van der Waals surface area (Å²) in [5.41, 5.74) is 1.53. The van der Waals surface area contributed by atoms with Crippen molar-refractivity contribution in [2.75, 3.05) is 14.2 Å². The lowest BCUT2D eigenvalue weighted by Gasteiger charge is -2.13. The molecule has 3 heteroatoms. The predicted octanol–water partition coefficient (Wildman–Crippen LogP) is 3.86. The molecule has 0 aliphatic heterocycles. The maximum Gasteiger partial charge on any atom is 0.174 e. The van der Waals surface area contributed by atoms with Gasteiger partial charge in [0.2, 0.25) is 0 Å². The van der Waals surface area contributed by atoms with E-state index in [0.29, 0.717) is 5.56 Å². The molecular formula is C18H18O3. The molecular weight excluding hydrogens is 264 g/mol. The van der Waals surface area contributed by atoms with Gasteiger partial charge in [-0.2, -0.15) is 0 Å². The molecule has 0 N–H and O–H groups in total. The molecule has 108 valence electrons. The van der Waals surface area contributed by atoms with E-state index in [9.17, 15) is 4.79 Å². The number of carbonyl (C=O) groups is 1. The number of carbonyl (C=O) groups excluding carboxylic acids is 1. The van der Waals surface area contributed by atoms with E-state index in [2.05, 4.69) is 6.58 Å². The van der Waals surface area contributed by atoms with Crippen molar-refractivity contribution in [3.05, 3.63) is 72.3 Å². The largest absolute Gasteiger partial charge is 0.497 e. The average molecular weight is 282 g/mol. The highest BCUT2D eigenvalue weighted by molar-refractivity contribution is 6.02. The van der Waals surface area contributed by atoms with Crippen molar-refractivity contribution in [3.63, 3.8) is 0 Å². The van der Waals surface area contributed by atoms with Crippen LogP contribution >= 0.6 is 0 Å². The molecule has 1 unspecified atom stereocenters. The molecule has 0 fully saturated rings. The Morgan fingerprint density at radius 3 is 1.86 bits per heavy atom. The molecule has 0 aliphatic rings. The van der Waals surface area contributed by atoms with E-state index in [0.717, 1.165) is 17.1 Å². The fraction of sp³-hybridized carbons (Fsp3) is 0.167. The minimum atomic E-state index is -0.371. The van der Waals surface area contributed by atoms with Crippen molar-refractivity contribution < 1.29 is 14.3 Å². The van der Waals surface area contributed by atoms with E-state index in [1.807, 2.05) is 24.3 Å². The number of ether oxygens (including phenoxy) is 2. The van der Waals surface area contributed by atoms with Gasteiger partial charge in [0.1, 0.15) is 11.5 Å². The highest BCUT2D eigenvalue weighted by Crippen LogP contribution is 2.25. The zero-order valence-corrected chi connectivity index (χ0v) is 12.2. The van der Waals surface area contributed by atoms with Gasteiger partial charge in [-0.25, -0.2) is 0 Å². The van der Waals surface area contributed by atoms with Crippen molar-refractivity contribution in [3.8, 4) is 11.5 Å². The molecule has 2 rings (SSSR count). The quantitative estimate of drug-likeness (QED) is 0.596. The summed E-state index contributed by atoms with van der Waals surface area (Å²) in [5.74, 6) is 1.13. The van der Waals surface area contributed by atoms with Gasteiger partial charge in [0.25, 0.3) is 0 Å². The highest BCUT2D eigenvalue weighted by Gasteiger charge is 2.19. The van der Waals surface area contributed by atoms with Crippen molar-refractivity contribution in [1.29, 1.82) is 0 Å². The van der Waals surface area contributed by atoms with Crippen LogP contribution in [-0.4, -0.2) is 20.0 Å². The standard InChI is InChI=1S/C18H18O3/c1-4-17(13-5-9-15(20-2)10-6-13)18(19)14-7-11-16(21-3)12-8-14/h4-12,17H,1H2,2-3H3. The summed E-state index contributed by atoms with van der Waals surface area (Å²) in [6.45, 7) is 3.78. The van der Waals surface area contributed by atoms with Gasteiger partial charge in [-0.3, -0.25) is 4.79 Å². The van der Waals surface area contributed by atoms with Crippen LogP contribution in [-0.2, 0) is 0 Å². The lowest BCUT2D eigenvalue weighted by Crippen LogP contribution is -2.10. The van der Waals surface area contributed by atoms with E-state index < -0.39 is 0 Å². The zero-order chi connectivity index (χ0) is 15.2. The van der Waals surface area contributed by atoms with Crippen molar-refractivity contribution >= 4 is 5.78 Å². The van der Waals surface area contributed by atoms with Gasteiger partial charge in [0.15, 0.2) is 5.78 Å². The van der Waals surface area contributed by atoms with Gasteiger partial charge in [-0.15, -0.1) is 6.58 Å². The molecule has 0 radical (unpaired) electrons. The first kappa shape index (κ1) is 14.9. The van der Waals surface area contributed by atoms with Gasteiger partial charge in [0, 0.05) is 5.56 Å². The lowest BCUT2D eigenvalue weighted by atomic mass is 9.90. The summed E-state index contributed by atoms with van der Waals surface area (Å²) in [6, 6.07) is 14.5. The molecule has 2 aromatic rings. The molecule has 0 amide bonds. The normalized spacial score (nSPS) is 11.5. The number of hydrogen-bond acceptors (Lipinski definition) is 3. The molecule has 3 nitrogen and oxygen atoms in total. The van der Waals surface area contributed by atoms with E-state index in [-0.39, 0.29) is 11.7 Å². The number of Topliss-reactive ketones (excluding diaryl/α,β-unsaturated/α-hetero) is 1. The van der Waals surface area contributed by atoms with Gasteiger partial charge >= 0.3 is 0 Å². The van der Waals surface area contributed by atoms with E-state index in [4.69, 9.17) is 9.47 Å². The maximum absolute atomic E-state index is 12.6. The summed E-state index contributed by atoms with van der Waals surface area (Å²) < 4.78 is 10.2. The highest BCUT2D eigenvalue weighted by atomic mass is 16.5. The SMILES string of the molecule is C=CC(C(=O)c1ccc(OC)cc1)c1ccc(OC)cc1. The van der Waals surface area contributed by atoms with Gasteiger partial charge in [-0.05, 0) is 42.0 Å². The molecule has 0 aromatic heterocycles. The molecule has 21 heavy (non-hydrogen) atoms. The van der Waals surface area contributed by atoms with Crippen LogP contribution in [0.2, 0.25) is 0 Å². The van der Waals surface area contributed by atoms with E-state index in [1.165, 1.54) is 0 Å². The number of methoxy groups -OCH3 is 2. The third-order valence-electron chi connectivity index (χ3n) is 3.37. The van der Waals surface area contributed by atoms with E-state index in [1.54, 1.807) is 44.6 Å². The van der Waals surface area contributed by atoms with Crippen molar-refractivity contribution in [2.24, 2.45) is 0 Å². The molecule has 0 heterocycles. The van der Waals surface area contributed by atoms with Gasteiger partial charge in [0.05, 0.1) is 20.1 Å². The third kappa shape index (κ3) is 3.31. The Bertz CT molecular complexity index is 612. The number of rotatable bonds is 6. The van der Waals surface area contributed by atoms with Crippen LogP contribution in [0.25, 0.3) is 0 Å². The van der Waals surface area contributed by atoms with E-state index >= 15 is 0 Å². The molecule has 0 saturated carbocycles. The fourth-order valence-electron chi connectivity index (χ4n) is 2.14. The Morgan fingerprint density at radius 1 is 0.952 bits per heavy atom. The predicted molar refractivity (Wildman–Crippen MR) is 83.3 cm³/mol. The summed E-state index contributed by atoms with van der Waals surface area (Å²) in [7, 11) is 3.21. The number of hydrogen-bond donors (Lipinski definition) is 0. The molecule has 0 saturated heterocycles. The Kier molecular flexibility index (Phi) is 4.77. The van der Waals surface area contributed by atoms with Gasteiger partial charge in [-0.1, -0.05) is 18.2 Å². The summed E-state index contributed by atoms with van der Waals surface area (Å²) in [6.07, 6.45) is 1.66. The fourth-order valence-corrected chi connectivity index (χ4v) is 2.14. The monoisotopic (exact) mass is 282 g/mol. The second kappa shape index (κ2) is 6.75. The second-order valence-electron chi connectivity index (χ2n) is 4.58. The summed E-state index contributed by atoms with van der Waals surface area (Å²) in [4.78, 5) is 12.6. The Morgan fingerprint density at radius 2 is 1.43 bits per heavy atom. The first-order valence-corrected chi connectivity index (χ1v) is 6.64. The minimum absolute atomic E-state index is 0.0119. The van der Waals surface area contributed by atoms with Crippen LogP contribution < -0.4 is 9.47 Å². The summed E-state index contributed by atoms with van der Waals surface area (Å²) >= 11 is 0. The number of ketones is 1. The van der Waals surface area contributed by atoms with Gasteiger partial charge < -0.3 is 9.47 Å². The molecule has 0 spiro atoms. The third-order valence-corrected chi connectivity index (χ3v) is 3.37. The maximum atomic E-state index is 12.6.